The van der Waals surface area contributed by atoms with Crippen LogP contribution in [0.1, 0.15) is 20.7 Å². The highest BCUT2D eigenvalue weighted by atomic mass is 16.5. The van der Waals surface area contributed by atoms with Gasteiger partial charge in [-0.1, -0.05) is 36.4 Å². The normalized spacial score (nSPS) is 10.3. The fourth-order valence-corrected chi connectivity index (χ4v) is 2.72. The van der Waals surface area contributed by atoms with Gasteiger partial charge in [0, 0.05) is 0 Å². The van der Waals surface area contributed by atoms with Gasteiger partial charge >= 0.3 is 11.9 Å². The molecular weight excluding hydrogens is 362 g/mol. The molecule has 2 N–H and O–H groups in total. The van der Waals surface area contributed by atoms with Crippen molar-refractivity contribution in [2.45, 2.75) is 0 Å². The Morgan fingerprint density at radius 1 is 0.929 bits per heavy atom. The highest BCUT2D eigenvalue weighted by Gasteiger charge is 2.16. The van der Waals surface area contributed by atoms with Crippen molar-refractivity contribution >= 4 is 34.3 Å². The van der Waals surface area contributed by atoms with Crippen LogP contribution < -0.4 is 10.1 Å². The number of carbonyl (C=O) groups is 3. The first-order chi connectivity index (χ1) is 13.5. The molecule has 0 aliphatic carbocycles. The highest BCUT2D eigenvalue weighted by Crippen LogP contribution is 2.26. The van der Waals surface area contributed by atoms with Crippen LogP contribution in [0.2, 0.25) is 0 Å². The van der Waals surface area contributed by atoms with Crippen molar-refractivity contribution in [1.82, 2.24) is 0 Å². The van der Waals surface area contributed by atoms with Gasteiger partial charge in [0.25, 0.3) is 5.91 Å². The summed E-state index contributed by atoms with van der Waals surface area (Å²) in [6.07, 6.45) is 0. The van der Waals surface area contributed by atoms with E-state index >= 15 is 0 Å². The van der Waals surface area contributed by atoms with Crippen molar-refractivity contribution in [2.75, 3.05) is 19.0 Å². The number of hydrogen-bond acceptors (Lipinski definition) is 5. The predicted octanol–water partition coefficient (Wildman–Crippen LogP) is 3.34. The Morgan fingerprint density at radius 2 is 1.57 bits per heavy atom. The standard InChI is InChI=1S/C21H17NO6/c1-27-21(26)15-8-4-5-9-17(15)22-19(23)12-28-18-11-14-7-3-2-6-13(14)10-16(18)20(24)25/h2-11H,12H2,1H3,(H,22,23)(H,24,25). The fraction of sp³-hybridized carbons (Fsp3) is 0.0952. The molecule has 7 nitrogen and oxygen atoms in total. The maximum atomic E-state index is 12.3. The van der Waals surface area contributed by atoms with Crippen LogP contribution in [0.3, 0.4) is 0 Å². The van der Waals surface area contributed by atoms with Crippen LogP contribution in [-0.2, 0) is 9.53 Å². The number of anilines is 1. The number of aromatic carboxylic acids is 1. The first-order valence-electron chi connectivity index (χ1n) is 8.35. The molecule has 1 amide bonds. The van der Waals surface area contributed by atoms with E-state index in [1.54, 1.807) is 36.4 Å². The van der Waals surface area contributed by atoms with Gasteiger partial charge in [0.15, 0.2) is 6.61 Å². The molecule has 0 heterocycles. The molecule has 3 aromatic carbocycles. The SMILES string of the molecule is COC(=O)c1ccccc1NC(=O)COc1cc2ccccc2cc1C(=O)O. The second kappa shape index (κ2) is 8.22. The molecule has 0 fully saturated rings. The number of carboxylic acids is 1. The molecule has 0 atom stereocenters. The van der Waals surface area contributed by atoms with E-state index in [9.17, 15) is 19.5 Å². The minimum atomic E-state index is -1.16. The lowest BCUT2D eigenvalue weighted by Gasteiger charge is -2.12. The number of rotatable bonds is 6. The van der Waals surface area contributed by atoms with Crippen LogP contribution >= 0.6 is 0 Å². The number of hydrogen-bond donors (Lipinski definition) is 2. The Balaban J connectivity index is 1.77. The molecule has 7 heteroatoms. The topological polar surface area (TPSA) is 102 Å². The Labute approximate surface area is 160 Å². The largest absolute Gasteiger partial charge is 0.483 e. The van der Waals surface area contributed by atoms with Gasteiger partial charge < -0.3 is 19.9 Å². The first kappa shape index (κ1) is 18.9. The van der Waals surface area contributed by atoms with Crippen LogP contribution in [0, 0.1) is 0 Å². The summed E-state index contributed by atoms with van der Waals surface area (Å²) in [5, 5.41) is 13.5. The second-order valence-corrected chi connectivity index (χ2v) is 5.87. The molecule has 0 aliphatic rings. The number of carboxylic acid groups (broad SMARTS) is 1. The van der Waals surface area contributed by atoms with E-state index < -0.39 is 24.5 Å². The molecule has 0 spiro atoms. The lowest BCUT2D eigenvalue weighted by molar-refractivity contribution is -0.118. The summed E-state index contributed by atoms with van der Waals surface area (Å²) >= 11 is 0. The summed E-state index contributed by atoms with van der Waals surface area (Å²) < 4.78 is 10.1. The number of fused-ring (bicyclic) bond motifs is 1. The highest BCUT2D eigenvalue weighted by molar-refractivity contribution is 6.02. The zero-order valence-corrected chi connectivity index (χ0v) is 15.0. The van der Waals surface area contributed by atoms with Crippen LogP contribution in [0.15, 0.2) is 60.7 Å². The zero-order chi connectivity index (χ0) is 20.1. The van der Waals surface area contributed by atoms with Crippen molar-refractivity contribution < 1.29 is 29.0 Å². The Kier molecular flexibility index (Phi) is 5.55. The van der Waals surface area contributed by atoms with E-state index in [0.717, 1.165) is 10.8 Å². The fourth-order valence-electron chi connectivity index (χ4n) is 2.72. The summed E-state index contributed by atoms with van der Waals surface area (Å²) in [4.78, 5) is 35.5. The van der Waals surface area contributed by atoms with Gasteiger partial charge in [0.2, 0.25) is 0 Å². The molecule has 0 saturated carbocycles. The van der Waals surface area contributed by atoms with Gasteiger partial charge in [-0.25, -0.2) is 9.59 Å². The molecular formula is C21H17NO6. The molecule has 0 aliphatic heterocycles. The third-order valence-electron chi connectivity index (χ3n) is 4.04. The molecule has 3 rings (SSSR count). The van der Waals surface area contributed by atoms with E-state index in [-0.39, 0.29) is 22.6 Å². The van der Waals surface area contributed by atoms with Crippen molar-refractivity contribution in [3.8, 4) is 5.75 Å². The molecule has 0 bridgehead atoms. The van der Waals surface area contributed by atoms with E-state index in [2.05, 4.69) is 10.1 Å². The summed E-state index contributed by atoms with van der Waals surface area (Å²) in [5.41, 5.74) is 0.441. The maximum absolute atomic E-state index is 12.3. The van der Waals surface area contributed by atoms with Gasteiger partial charge in [0.1, 0.15) is 11.3 Å². The van der Waals surface area contributed by atoms with Crippen LogP contribution in [0.5, 0.6) is 5.75 Å². The second-order valence-electron chi connectivity index (χ2n) is 5.87. The third kappa shape index (κ3) is 4.09. The molecule has 0 saturated heterocycles. The number of benzene rings is 3. The van der Waals surface area contributed by atoms with Gasteiger partial charge in [-0.15, -0.1) is 0 Å². The number of amides is 1. The van der Waals surface area contributed by atoms with Gasteiger partial charge in [-0.3, -0.25) is 4.79 Å². The van der Waals surface area contributed by atoms with E-state index in [1.165, 1.54) is 19.2 Å². The van der Waals surface area contributed by atoms with Crippen LogP contribution in [-0.4, -0.2) is 36.7 Å². The minimum absolute atomic E-state index is 0.0403. The van der Waals surface area contributed by atoms with Crippen LogP contribution in [0.4, 0.5) is 5.69 Å². The third-order valence-corrected chi connectivity index (χ3v) is 4.04. The summed E-state index contributed by atoms with van der Waals surface area (Å²) in [6.45, 7) is -0.422. The molecule has 0 aromatic heterocycles. The summed E-state index contributed by atoms with van der Waals surface area (Å²) in [6, 6.07) is 16.7. The van der Waals surface area contributed by atoms with Gasteiger partial charge in [-0.2, -0.15) is 0 Å². The molecule has 3 aromatic rings. The van der Waals surface area contributed by atoms with Gasteiger partial charge in [-0.05, 0) is 35.0 Å². The number of para-hydroxylation sites is 1. The molecule has 0 unspecified atom stereocenters. The Bertz CT molecular complexity index is 1060. The average molecular weight is 379 g/mol. The van der Waals surface area contributed by atoms with E-state index in [4.69, 9.17) is 4.74 Å². The van der Waals surface area contributed by atoms with Crippen molar-refractivity contribution in [3.05, 3.63) is 71.8 Å². The van der Waals surface area contributed by atoms with Crippen LogP contribution in [0.25, 0.3) is 10.8 Å². The molecule has 0 radical (unpaired) electrons. The predicted molar refractivity (Wildman–Crippen MR) is 103 cm³/mol. The maximum Gasteiger partial charge on any atom is 0.339 e. The monoisotopic (exact) mass is 379 g/mol. The lowest BCUT2D eigenvalue weighted by Crippen LogP contribution is -2.22. The quantitative estimate of drug-likeness (QED) is 0.637. The van der Waals surface area contributed by atoms with Crippen molar-refractivity contribution in [1.29, 1.82) is 0 Å². The molecule has 142 valence electrons. The van der Waals surface area contributed by atoms with Crippen molar-refractivity contribution in [3.63, 3.8) is 0 Å². The van der Waals surface area contributed by atoms with Gasteiger partial charge in [0.05, 0.1) is 18.4 Å². The van der Waals surface area contributed by atoms with E-state index in [0.29, 0.717) is 0 Å². The lowest BCUT2D eigenvalue weighted by atomic mass is 10.1. The average Bonchev–Trinajstić information content (AvgIpc) is 2.71. The Hall–Kier alpha value is -3.87. The number of ether oxygens (including phenoxy) is 2. The zero-order valence-electron chi connectivity index (χ0n) is 15.0. The van der Waals surface area contributed by atoms with E-state index in [1.807, 2.05) is 12.1 Å². The number of methoxy groups -OCH3 is 1. The number of esters is 1. The smallest absolute Gasteiger partial charge is 0.339 e. The summed E-state index contributed by atoms with van der Waals surface area (Å²) in [7, 11) is 1.25. The number of nitrogens with one attached hydrogen (secondary N) is 1. The number of carbonyl (C=O) groups excluding carboxylic acids is 2. The van der Waals surface area contributed by atoms with Crippen molar-refractivity contribution in [2.24, 2.45) is 0 Å². The first-order valence-corrected chi connectivity index (χ1v) is 8.35. The Morgan fingerprint density at radius 3 is 2.25 bits per heavy atom. The molecule has 28 heavy (non-hydrogen) atoms. The summed E-state index contributed by atoms with van der Waals surface area (Å²) in [5.74, 6) is -2.19. The minimum Gasteiger partial charge on any atom is -0.483 e.